The van der Waals surface area contributed by atoms with Gasteiger partial charge in [-0.1, -0.05) is 12.1 Å². The number of carboxylic acid groups (broad SMARTS) is 1. The zero-order valence-electron chi connectivity index (χ0n) is 11.6. The Kier molecular flexibility index (Phi) is 5.16. The lowest BCUT2D eigenvalue weighted by Gasteiger charge is -2.23. The standard InChI is InChI=1S/C15H19NO5/c17-12-3-1-10(2-4-12)9-13(15(19)20)16-14(18)11-5-7-21-8-6-11/h1-4,11,13,17H,5-9H2,(H,16,18)(H,19,20). The summed E-state index contributed by atoms with van der Waals surface area (Å²) in [5.41, 5.74) is 0.743. The summed E-state index contributed by atoms with van der Waals surface area (Å²) in [7, 11) is 0. The Morgan fingerprint density at radius 1 is 1.24 bits per heavy atom. The molecule has 0 radical (unpaired) electrons. The van der Waals surface area contributed by atoms with Crippen molar-refractivity contribution in [3.8, 4) is 5.75 Å². The van der Waals surface area contributed by atoms with Crippen LogP contribution in [0, 0.1) is 5.92 Å². The third-order valence-corrected chi connectivity index (χ3v) is 3.58. The minimum atomic E-state index is -1.07. The summed E-state index contributed by atoms with van der Waals surface area (Å²) in [5, 5.41) is 21.1. The van der Waals surface area contributed by atoms with Crippen molar-refractivity contribution >= 4 is 11.9 Å². The Labute approximate surface area is 122 Å². The summed E-state index contributed by atoms with van der Waals surface area (Å²) >= 11 is 0. The van der Waals surface area contributed by atoms with Crippen molar-refractivity contribution in [2.45, 2.75) is 25.3 Å². The van der Waals surface area contributed by atoms with Gasteiger partial charge in [0, 0.05) is 25.6 Å². The van der Waals surface area contributed by atoms with Gasteiger partial charge in [0.15, 0.2) is 0 Å². The first-order valence-corrected chi connectivity index (χ1v) is 6.95. The number of carboxylic acids is 1. The number of phenolic OH excluding ortho intramolecular Hbond substituents is 1. The average Bonchev–Trinajstić information content (AvgIpc) is 2.49. The van der Waals surface area contributed by atoms with Gasteiger partial charge in [-0.25, -0.2) is 4.79 Å². The highest BCUT2D eigenvalue weighted by molar-refractivity contribution is 5.85. The predicted octanol–water partition coefficient (Wildman–Crippen LogP) is 0.931. The summed E-state index contributed by atoms with van der Waals surface area (Å²) in [6, 6.07) is 5.31. The summed E-state index contributed by atoms with van der Waals surface area (Å²) in [6.07, 6.45) is 1.43. The first-order chi connectivity index (χ1) is 10.1. The van der Waals surface area contributed by atoms with Gasteiger partial charge in [0.25, 0.3) is 0 Å². The number of aliphatic carboxylic acids is 1. The number of benzene rings is 1. The topological polar surface area (TPSA) is 95.9 Å². The number of carbonyl (C=O) groups is 2. The number of rotatable bonds is 5. The minimum absolute atomic E-state index is 0.122. The molecule has 3 N–H and O–H groups in total. The first-order valence-electron chi connectivity index (χ1n) is 6.95. The normalized spacial score (nSPS) is 17.1. The molecule has 0 aromatic heterocycles. The van der Waals surface area contributed by atoms with E-state index in [-0.39, 0.29) is 24.0 Å². The molecule has 1 fully saturated rings. The van der Waals surface area contributed by atoms with Crippen LogP contribution in [0.3, 0.4) is 0 Å². The van der Waals surface area contributed by atoms with Crippen LogP contribution < -0.4 is 5.32 Å². The molecule has 1 heterocycles. The number of hydrogen-bond acceptors (Lipinski definition) is 4. The SMILES string of the molecule is O=C(NC(Cc1ccc(O)cc1)C(=O)O)C1CCOCC1. The van der Waals surface area contributed by atoms with E-state index in [1.807, 2.05) is 0 Å². The fourth-order valence-corrected chi connectivity index (χ4v) is 2.32. The molecule has 6 nitrogen and oxygen atoms in total. The van der Waals surface area contributed by atoms with E-state index in [2.05, 4.69) is 5.32 Å². The highest BCUT2D eigenvalue weighted by Crippen LogP contribution is 2.16. The number of carbonyl (C=O) groups excluding carboxylic acids is 1. The van der Waals surface area contributed by atoms with E-state index in [0.29, 0.717) is 26.1 Å². The van der Waals surface area contributed by atoms with E-state index in [1.54, 1.807) is 12.1 Å². The predicted molar refractivity (Wildman–Crippen MR) is 74.9 cm³/mol. The van der Waals surface area contributed by atoms with Crippen molar-refractivity contribution in [1.29, 1.82) is 0 Å². The highest BCUT2D eigenvalue weighted by atomic mass is 16.5. The van der Waals surface area contributed by atoms with Gasteiger partial charge < -0.3 is 20.3 Å². The molecule has 1 aromatic rings. The van der Waals surface area contributed by atoms with Gasteiger partial charge in [-0.05, 0) is 30.5 Å². The molecule has 1 atom stereocenters. The van der Waals surface area contributed by atoms with Crippen LogP contribution >= 0.6 is 0 Å². The van der Waals surface area contributed by atoms with E-state index < -0.39 is 12.0 Å². The molecule has 2 rings (SSSR count). The fourth-order valence-electron chi connectivity index (χ4n) is 2.32. The van der Waals surface area contributed by atoms with Gasteiger partial charge in [-0.3, -0.25) is 4.79 Å². The summed E-state index contributed by atoms with van der Waals surface area (Å²) in [4.78, 5) is 23.4. The minimum Gasteiger partial charge on any atom is -0.508 e. The van der Waals surface area contributed by atoms with Crippen LogP contribution in [0.25, 0.3) is 0 Å². The molecule has 1 aromatic carbocycles. The van der Waals surface area contributed by atoms with Crippen LogP contribution in [-0.2, 0) is 20.7 Å². The second-order valence-corrected chi connectivity index (χ2v) is 5.16. The second kappa shape index (κ2) is 7.08. The average molecular weight is 293 g/mol. The Morgan fingerprint density at radius 3 is 2.43 bits per heavy atom. The number of aromatic hydroxyl groups is 1. The first kappa shape index (κ1) is 15.3. The molecule has 1 aliphatic heterocycles. The molecule has 1 saturated heterocycles. The number of amides is 1. The Morgan fingerprint density at radius 2 is 1.86 bits per heavy atom. The maximum atomic E-state index is 12.1. The van der Waals surface area contributed by atoms with Gasteiger partial charge in [0.1, 0.15) is 11.8 Å². The fraction of sp³-hybridized carbons (Fsp3) is 0.467. The number of hydrogen-bond donors (Lipinski definition) is 3. The lowest BCUT2D eigenvalue weighted by atomic mass is 9.98. The molecule has 0 aliphatic carbocycles. The zero-order chi connectivity index (χ0) is 15.2. The van der Waals surface area contributed by atoms with Gasteiger partial charge in [0.2, 0.25) is 5.91 Å². The lowest BCUT2D eigenvalue weighted by Crippen LogP contribution is -2.45. The van der Waals surface area contributed by atoms with E-state index in [1.165, 1.54) is 12.1 Å². The second-order valence-electron chi connectivity index (χ2n) is 5.16. The third kappa shape index (κ3) is 4.46. The lowest BCUT2D eigenvalue weighted by molar-refractivity contribution is -0.143. The molecule has 1 amide bonds. The highest BCUT2D eigenvalue weighted by Gasteiger charge is 2.26. The molecule has 0 saturated carbocycles. The van der Waals surface area contributed by atoms with Crippen molar-refractivity contribution in [2.75, 3.05) is 13.2 Å². The number of nitrogens with one attached hydrogen (secondary N) is 1. The molecule has 6 heteroatoms. The smallest absolute Gasteiger partial charge is 0.326 e. The van der Waals surface area contributed by atoms with Crippen LogP contribution in [0.2, 0.25) is 0 Å². The van der Waals surface area contributed by atoms with Crippen molar-refractivity contribution < 1.29 is 24.5 Å². The van der Waals surface area contributed by atoms with Crippen LogP contribution in [0.1, 0.15) is 18.4 Å². The van der Waals surface area contributed by atoms with Gasteiger partial charge in [-0.2, -0.15) is 0 Å². The van der Waals surface area contributed by atoms with Crippen LogP contribution in [0.15, 0.2) is 24.3 Å². The summed E-state index contributed by atoms with van der Waals surface area (Å²) in [5.74, 6) is -1.36. The van der Waals surface area contributed by atoms with Crippen LogP contribution in [0.4, 0.5) is 0 Å². The number of phenols is 1. The summed E-state index contributed by atoms with van der Waals surface area (Å²) in [6.45, 7) is 1.07. The number of ether oxygens (including phenoxy) is 1. The monoisotopic (exact) mass is 293 g/mol. The van der Waals surface area contributed by atoms with Crippen molar-refractivity contribution in [3.63, 3.8) is 0 Å². The molecule has 0 spiro atoms. The molecule has 0 bridgehead atoms. The third-order valence-electron chi connectivity index (χ3n) is 3.58. The maximum Gasteiger partial charge on any atom is 0.326 e. The quantitative estimate of drug-likeness (QED) is 0.750. The largest absolute Gasteiger partial charge is 0.508 e. The van der Waals surface area contributed by atoms with Crippen molar-refractivity contribution in [1.82, 2.24) is 5.32 Å². The molecular weight excluding hydrogens is 274 g/mol. The summed E-state index contributed by atoms with van der Waals surface area (Å²) < 4.78 is 5.19. The Hall–Kier alpha value is -2.08. The van der Waals surface area contributed by atoms with Crippen LogP contribution in [0.5, 0.6) is 5.75 Å². The van der Waals surface area contributed by atoms with E-state index in [9.17, 15) is 19.8 Å². The molecule has 21 heavy (non-hydrogen) atoms. The molecule has 1 unspecified atom stereocenters. The van der Waals surface area contributed by atoms with E-state index in [0.717, 1.165) is 5.56 Å². The van der Waals surface area contributed by atoms with Crippen molar-refractivity contribution in [2.24, 2.45) is 5.92 Å². The molecule has 114 valence electrons. The molecule has 1 aliphatic rings. The van der Waals surface area contributed by atoms with E-state index in [4.69, 9.17) is 4.74 Å². The molecular formula is C15H19NO5. The van der Waals surface area contributed by atoms with Crippen molar-refractivity contribution in [3.05, 3.63) is 29.8 Å². The maximum absolute atomic E-state index is 12.1. The Bertz CT molecular complexity index is 493. The van der Waals surface area contributed by atoms with E-state index >= 15 is 0 Å². The van der Waals surface area contributed by atoms with Gasteiger partial charge >= 0.3 is 5.97 Å². The Balaban J connectivity index is 1.96. The van der Waals surface area contributed by atoms with Gasteiger partial charge in [0.05, 0.1) is 0 Å². The van der Waals surface area contributed by atoms with Gasteiger partial charge in [-0.15, -0.1) is 0 Å². The zero-order valence-corrected chi connectivity index (χ0v) is 11.6. The van der Waals surface area contributed by atoms with Crippen LogP contribution in [-0.4, -0.2) is 41.3 Å².